The van der Waals surface area contributed by atoms with Crippen molar-refractivity contribution in [3.8, 4) is 11.8 Å². The van der Waals surface area contributed by atoms with Gasteiger partial charge in [0.15, 0.2) is 0 Å². The largest absolute Gasteiger partial charge is 0.497 e. The lowest BCUT2D eigenvalue weighted by Gasteiger charge is -2.27. The first-order valence-corrected chi connectivity index (χ1v) is 12.5. The first-order chi connectivity index (χ1) is 16.9. The minimum absolute atomic E-state index is 0.0596. The van der Waals surface area contributed by atoms with Gasteiger partial charge in [0.05, 0.1) is 23.7 Å². The van der Waals surface area contributed by atoms with E-state index >= 15 is 0 Å². The van der Waals surface area contributed by atoms with Crippen LogP contribution in [0.2, 0.25) is 5.02 Å². The molecule has 192 valence electrons. The number of methoxy groups -OCH3 is 1. The molecule has 2 unspecified atom stereocenters. The van der Waals surface area contributed by atoms with Crippen LogP contribution < -0.4 is 20.7 Å². The summed E-state index contributed by atoms with van der Waals surface area (Å²) in [5.74, 6) is -0.725. The predicted octanol–water partition coefficient (Wildman–Crippen LogP) is 3.43. The number of nitrogens with zero attached hydrogens (tertiary/aromatic N) is 1. The molecular formula is C26H32ClN5O4. The van der Waals surface area contributed by atoms with Crippen molar-refractivity contribution in [2.24, 2.45) is 11.3 Å². The summed E-state index contributed by atoms with van der Waals surface area (Å²) in [4.78, 5) is 41.7. The molecule has 0 radical (unpaired) electrons. The Hall–Kier alpha value is -3.25. The SMILES string of the molecule is COc1cc(Cl)c2[nH]c(C(=O)NC(CC(C)(C)C)C(=O)NC(C#N)C[C@@H]3CC4(CC4)NC3=O)cc2c1. The molecule has 0 bridgehead atoms. The summed E-state index contributed by atoms with van der Waals surface area (Å²) in [6.45, 7) is 5.90. The Morgan fingerprint density at radius 1 is 1.28 bits per heavy atom. The van der Waals surface area contributed by atoms with E-state index in [0.717, 1.165) is 12.8 Å². The smallest absolute Gasteiger partial charge is 0.268 e. The predicted molar refractivity (Wildman–Crippen MR) is 136 cm³/mol. The van der Waals surface area contributed by atoms with Crippen LogP contribution in [0.4, 0.5) is 0 Å². The van der Waals surface area contributed by atoms with Crippen LogP contribution in [-0.2, 0) is 9.59 Å². The van der Waals surface area contributed by atoms with Crippen LogP contribution in [0.15, 0.2) is 18.2 Å². The molecule has 2 heterocycles. The molecule has 1 aromatic heterocycles. The number of nitriles is 1. The molecular weight excluding hydrogens is 482 g/mol. The molecule has 2 fully saturated rings. The zero-order valence-electron chi connectivity index (χ0n) is 21.0. The second-order valence-corrected chi connectivity index (χ2v) is 11.6. The fraction of sp³-hybridized carbons (Fsp3) is 0.538. The molecule has 4 N–H and O–H groups in total. The van der Waals surface area contributed by atoms with Gasteiger partial charge in [0.2, 0.25) is 11.8 Å². The summed E-state index contributed by atoms with van der Waals surface area (Å²) < 4.78 is 5.24. The molecule has 1 saturated carbocycles. The minimum Gasteiger partial charge on any atom is -0.497 e. The number of hydrogen-bond donors (Lipinski definition) is 4. The number of rotatable bonds is 8. The van der Waals surface area contributed by atoms with Crippen LogP contribution in [0.25, 0.3) is 10.9 Å². The maximum atomic E-state index is 13.2. The van der Waals surface area contributed by atoms with Crippen LogP contribution in [0.5, 0.6) is 5.75 Å². The number of aromatic nitrogens is 1. The highest BCUT2D eigenvalue weighted by atomic mass is 35.5. The lowest BCUT2D eigenvalue weighted by atomic mass is 9.87. The number of amides is 3. The zero-order valence-corrected chi connectivity index (χ0v) is 21.7. The molecule has 9 nitrogen and oxygen atoms in total. The zero-order chi connectivity index (χ0) is 26.3. The van der Waals surface area contributed by atoms with Crippen LogP contribution in [0, 0.1) is 22.7 Å². The molecule has 1 aromatic carbocycles. The highest BCUT2D eigenvalue weighted by Crippen LogP contribution is 2.46. The van der Waals surface area contributed by atoms with Crippen molar-refractivity contribution < 1.29 is 19.1 Å². The Balaban J connectivity index is 1.47. The Labute approximate surface area is 215 Å². The number of fused-ring (bicyclic) bond motifs is 1. The number of aromatic amines is 1. The van der Waals surface area contributed by atoms with E-state index in [1.807, 2.05) is 20.8 Å². The average Bonchev–Trinajstić information content (AvgIpc) is 3.27. The van der Waals surface area contributed by atoms with Crippen LogP contribution in [0.3, 0.4) is 0 Å². The standard InChI is InChI=1S/C26H32ClN5O4/c1-25(2,3)12-20(24(35)29-16(13-28)7-15-11-26(5-6-26)32-22(15)33)31-23(34)19-9-14-8-17(36-4)10-18(27)21(14)30-19/h8-10,15-16,20,30H,5-7,11-12H2,1-4H3,(H,29,35)(H,31,34)(H,32,33)/t15-,16?,20?/m1/s1. The fourth-order valence-electron chi connectivity index (χ4n) is 4.82. The molecule has 3 amide bonds. The average molecular weight is 514 g/mol. The monoisotopic (exact) mass is 513 g/mol. The molecule has 2 aliphatic rings. The van der Waals surface area contributed by atoms with Gasteiger partial charge in [0.25, 0.3) is 5.91 Å². The molecule has 3 atom stereocenters. The van der Waals surface area contributed by atoms with E-state index in [-0.39, 0.29) is 34.9 Å². The number of carbonyl (C=O) groups is 3. The van der Waals surface area contributed by atoms with Crippen molar-refractivity contribution in [2.75, 3.05) is 7.11 Å². The van der Waals surface area contributed by atoms with Gasteiger partial charge in [-0.15, -0.1) is 0 Å². The van der Waals surface area contributed by atoms with Gasteiger partial charge >= 0.3 is 0 Å². The van der Waals surface area contributed by atoms with Crippen LogP contribution >= 0.6 is 11.6 Å². The van der Waals surface area contributed by atoms with Crippen molar-refractivity contribution in [2.45, 2.75) is 70.5 Å². The van der Waals surface area contributed by atoms with E-state index in [1.54, 1.807) is 18.2 Å². The highest BCUT2D eigenvalue weighted by molar-refractivity contribution is 6.35. The molecule has 36 heavy (non-hydrogen) atoms. The second-order valence-electron chi connectivity index (χ2n) is 11.1. The molecule has 1 aliphatic heterocycles. The molecule has 1 saturated heterocycles. The van der Waals surface area contributed by atoms with Gasteiger partial charge in [-0.05, 0) is 49.7 Å². The minimum atomic E-state index is -0.878. The number of carbonyl (C=O) groups excluding carboxylic acids is 3. The number of benzene rings is 1. The van der Waals surface area contributed by atoms with E-state index in [4.69, 9.17) is 16.3 Å². The first-order valence-electron chi connectivity index (χ1n) is 12.1. The summed E-state index contributed by atoms with van der Waals surface area (Å²) in [5, 5.41) is 19.4. The fourth-order valence-corrected chi connectivity index (χ4v) is 5.09. The van der Waals surface area contributed by atoms with Crippen molar-refractivity contribution in [3.05, 3.63) is 28.9 Å². The third kappa shape index (κ3) is 5.76. The molecule has 10 heteroatoms. The number of hydrogen-bond acceptors (Lipinski definition) is 5. The Morgan fingerprint density at radius 2 is 2.00 bits per heavy atom. The topological polar surface area (TPSA) is 136 Å². The van der Waals surface area contributed by atoms with E-state index < -0.39 is 23.9 Å². The molecule has 1 aliphatic carbocycles. The van der Waals surface area contributed by atoms with Crippen molar-refractivity contribution in [1.82, 2.24) is 20.9 Å². The summed E-state index contributed by atoms with van der Waals surface area (Å²) in [6, 6.07) is 5.46. The number of H-pyrrole nitrogens is 1. The number of halogens is 1. The van der Waals surface area contributed by atoms with Crippen molar-refractivity contribution in [1.29, 1.82) is 5.26 Å². The highest BCUT2D eigenvalue weighted by Gasteiger charge is 2.52. The van der Waals surface area contributed by atoms with Gasteiger partial charge in [-0.3, -0.25) is 14.4 Å². The van der Waals surface area contributed by atoms with E-state index in [9.17, 15) is 19.6 Å². The maximum absolute atomic E-state index is 13.2. The second kappa shape index (κ2) is 9.66. The Bertz CT molecular complexity index is 1240. The van der Waals surface area contributed by atoms with Gasteiger partial charge in [-0.25, -0.2) is 0 Å². The summed E-state index contributed by atoms with van der Waals surface area (Å²) in [5.41, 5.74) is 0.465. The van der Waals surface area contributed by atoms with Gasteiger partial charge in [-0.1, -0.05) is 32.4 Å². The normalized spacial score (nSPS) is 19.9. The van der Waals surface area contributed by atoms with E-state index in [2.05, 4.69) is 27.0 Å². The van der Waals surface area contributed by atoms with Gasteiger partial charge < -0.3 is 25.7 Å². The Morgan fingerprint density at radius 3 is 2.58 bits per heavy atom. The number of ether oxygens (including phenoxy) is 1. The summed E-state index contributed by atoms with van der Waals surface area (Å²) in [7, 11) is 1.53. The van der Waals surface area contributed by atoms with Gasteiger partial charge in [0, 0.05) is 22.9 Å². The van der Waals surface area contributed by atoms with Gasteiger partial charge in [-0.2, -0.15) is 5.26 Å². The first kappa shape index (κ1) is 25.8. The van der Waals surface area contributed by atoms with Crippen LogP contribution in [-0.4, -0.2) is 47.4 Å². The molecule has 4 rings (SSSR count). The maximum Gasteiger partial charge on any atom is 0.268 e. The quantitative estimate of drug-likeness (QED) is 0.428. The van der Waals surface area contributed by atoms with Gasteiger partial charge in [0.1, 0.15) is 23.5 Å². The summed E-state index contributed by atoms with van der Waals surface area (Å²) >= 11 is 6.31. The van der Waals surface area contributed by atoms with Crippen LogP contribution in [0.1, 0.15) is 63.4 Å². The van der Waals surface area contributed by atoms with Crippen molar-refractivity contribution >= 4 is 40.2 Å². The van der Waals surface area contributed by atoms with E-state index in [0.29, 0.717) is 34.5 Å². The molecule has 1 spiro atoms. The van der Waals surface area contributed by atoms with Crippen molar-refractivity contribution in [3.63, 3.8) is 0 Å². The van der Waals surface area contributed by atoms with E-state index in [1.165, 1.54) is 7.11 Å². The molecule has 2 aromatic rings. The lowest BCUT2D eigenvalue weighted by molar-refractivity contribution is -0.125. The third-order valence-electron chi connectivity index (χ3n) is 6.81. The Kier molecular flexibility index (Phi) is 6.93. The lowest BCUT2D eigenvalue weighted by Crippen LogP contribution is -2.51. The summed E-state index contributed by atoms with van der Waals surface area (Å²) in [6.07, 6.45) is 3.21. The number of nitrogens with one attached hydrogen (secondary N) is 4. The third-order valence-corrected chi connectivity index (χ3v) is 7.11.